The van der Waals surface area contributed by atoms with Gasteiger partial charge in [0.05, 0.1) is 0 Å². The molecule has 1 aromatic rings. The van der Waals surface area contributed by atoms with Crippen molar-refractivity contribution < 1.29 is 4.39 Å². The Hall–Kier alpha value is -0.930. The molecule has 2 fully saturated rings. The highest BCUT2D eigenvalue weighted by molar-refractivity contribution is 5.26. The fraction of sp³-hybridized carbons (Fsp3) is 0.667. The zero-order chi connectivity index (χ0) is 14.7. The average Bonchev–Trinajstić information content (AvgIpc) is 3.11. The van der Waals surface area contributed by atoms with Gasteiger partial charge in [-0.15, -0.1) is 0 Å². The highest BCUT2D eigenvalue weighted by atomic mass is 19.1. The van der Waals surface area contributed by atoms with Crippen molar-refractivity contribution in [2.75, 3.05) is 13.1 Å². The first-order valence-electron chi connectivity index (χ1n) is 8.46. The summed E-state index contributed by atoms with van der Waals surface area (Å²) in [5.74, 6) is 0.675. The molecular weight excluding hydrogens is 263 g/mol. The fourth-order valence-corrected chi connectivity index (χ4v) is 4.13. The standard InChI is InChI=1S/C18H27FN2/c1-13-12-15(19)8-7-14(13)9-11-21-17-5-2-4-16(17)18-6-3-10-20-18/h7-8,12,16-18,20-21H,2-6,9-11H2,1H3. The summed E-state index contributed by atoms with van der Waals surface area (Å²) in [6.07, 6.45) is 7.71. The maximum Gasteiger partial charge on any atom is 0.123 e. The lowest BCUT2D eigenvalue weighted by molar-refractivity contribution is 0.322. The predicted octanol–water partition coefficient (Wildman–Crippen LogP) is 3.19. The number of benzene rings is 1. The van der Waals surface area contributed by atoms with Gasteiger partial charge in [-0.3, -0.25) is 0 Å². The van der Waals surface area contributed by atoms with Crippen molar-refractivity contribution >= 4 is 0 Å². The number of halogens is 1. The summed E-state index contributed by atoms with van der Waals surface area (Å²) in [6, 6.07) is 6.54. The van der Waals surface area contributed by atoms with E-state index in [2.05, 4.69) is 10.6 Å². The molecule has 0 radical (unpaired) electrons. The first-order valence-corrected chi connectivity index (χ1v) is 8.46. The van der Waals surface area contributed by atoms with Crippen LogP contribution in [0.25, 0.3) is 0 Å². The molecule has 116 valence electrons. The van der Waals surface area contributed by atoms with Crippen LogP contribution in [0.5, 0.6) is 0 Å². The summed E-state index contributed by atoms with van der Waals surface area (Å²) in [7, 11) is 0. The monoisotopic (exact) mass is 290 g/mol. The third kappa shape index (κ3) is 3.64. The van der Waals surface area contributed by atoms with Gasteiger partial charge in [0.25, 0.3) is 0 Å². The van der Waals surface area contributed by atoms with Crippen molar-refractivity contribution in [3.8, 4) is 0 Å². The Labute approximate surface area is 127 Å². The van der Waals surface area contributed by atoms with Crippen molar-refractivity contribution in [3.63, 3.8) is 0 Å². The number of aryl methyl sites for hydroxylation is 1. The Bertz CT molecular complexity index is 468. The van der Waals surface area contributed by atoms with Crippen LogP contribution in [0.1, 0.15) is 43.2 Å². The van der Waals surface area contributed by atoms with Crippen molar-refractivity contribution in [1.29, 1.82) is 0 Å². The normalized spacial score (nSPS) is 29.1. The summed E-state index contributed by atoms with van der Waals surface area (Å²) >= 11 is 0. The van der Waals surface area contributed by atoms with E-state index in [9.17, 15) is 4.39 Å². The lowest BCUT2D eigenvalue weighted by Crippen LogP contribution is -2.42. The Balaban J connectivity index is 1.50. The molecule has 21 heavy (non-hydrogen) atoms. The molecule has 3 atom stereocenters. The quantitative estimate of drug-likeness (QED) is 0.870. The molecule has 1 heterocycles. The van der Waals surface area contributed by atoms with E-state index in [0.717, 1.165) is 30.5 Å². The predicted molar refractivity (Wildman–Crippen MR) is 85.0 cm³/mol. The third-order valence-electron chi connectivity index (χ3n) is 5.29. The van der Waals surface area contributed by atoms with E-state index in [1.165, 1.54) is 44.2 Å². The molecule has 3 heteroatoms. The highest BCUT2D eigenvalue weighted by Crippen LogP contribution is 2.31. The zero-order valence-electron chi connectivity index (χ0n) is 13.0. The highest BCUT2D eigenvalue weighted by Gasteiger charge is 2.34. The number of hydrogen-bond acceptors (Lipinski definition) is 2. The summed E-state index contributed by atoms with van der Waals surface area (Å²) < 4.78 is 13.1. The molecule has 0 spiro atoms. The molecule has 3 rings (SSSR count). The number of nitrogens with one attached hydrogen (secondary N) is 2. The van der Waals surface area contributed by atoms with E-state index < -0.39 is 0 Å². The maximum absolute atomic E-state index is 13.1. The molecule has 2 N–H and O–H groups in total. The summed E-state index contributed by atoms with van der Waals surface area (Å²) in [6.45, 7) is 4.20. The molecule has 1 saturated heterocycles. The van der Waals surface area contributed by atoms with E-state index in [-0.39, 0.29) is 5.82 Å². The van der Waals surface area contributed by atoms with Gasteiger partial charge in [-0.05, 0) is 81.3 Å². The molecule has 0 bridgehead atoms. The van der Waals surface area contributed by atoms with Crippen molar-refractivity contribution in [3.05, 3.63) is 35.1 Å². The van der Waals surface area contributed by atoms with Crippen LogP contribution >= 0.6 is 0 Å². The smallest absolute Gasteiger partial charge is 0.123 e. The molecule has 0 amide bonds. The van der Waals surface area contributed by atoms with Gasteiger partial charge in [0.2, 0.25) is 0 Å². The average molecular weight is 290 g/mol. The third-order valence-corrected chi connectivity index (χ3v) is 5.29. The number of hydrogen-bond donors (Lipinski definition) is 2. The van der Waals surface area contributed by atoms with Crippen molar-refractivity contribution in [1.82, 2.24) is 10.6 Å². The van der Waals surface area contributed by atoms with Gasteiger partial charge < -0.3 is 10.6 Å². The van der Waals surface area contributed by atoms with Gasteiger partial charge in [-0.2, -0.15) is 0 Å². The molecule has 0 aromatic heterocycles. The molecule has 1 aromatic carbocycles. The molecule has 1 aliphatic carbocycles. The van der Waals surface area contributed by atoms with Crippen molar-refractivity contribution in [2.24, 2.45) is 5.92 Å². The molecule has 2 aliphatic rings. The fourth-order valence-electron chi connectivity index (χ4n) is 4.13. The Kier molecular flexibility index (Phi) is 4.91. The van der Waals surface area contributed by atoms with Crippen LogP contribution in [-0.4, -0.2) is 25.2 Å². The topological polar surface area (TPSA) is 24.1 Å². The minimum Gasteiger partial charge on any atom is -0.314 e. The molecule has 3 unspecified atom stereocenters. The van der Waals surface area contributed by atoms with Gasteiger partial charge in [0, 0.05) is 12.1 Å². The first-order chi connectivity index (χ1) is 10.2. The Morgan fingerprint density at radius 3 is 2.90 bits per heavy atom. The summed E-state index contributed by atoms with van der Waals surface area (Å²) in [5.41, 5.74) is 2.33. The molecule has 2 nitrogen and oxygen atoms in total. The van der Waals surface area contributed by atoms with Gasteiger partial charge in [0.1, 0.15) is 5.82 Å². The van der Waals surface area contributed by atoms with Crippen LogP contribution in [0.15, 0.2) is 18.2 Å². The van der Waals surface area contributed by atoms with E-state index in [4.69, 9.17) is 0 Å². The second kappa shape index (κ2) is 6.89. The molecule has 1 aliphatic heterocycles. The molecule has 1 saturated carbocycles. The Morgan fingerprint density at radius 1 is 1.24 bits per heavy atom. The van der Waals surface area contributed by atoms with Gasteiger partial charge in [0.15, 0.2) is 0 Å². The molecular formula is C18H27FN2. The SMILES string of the molecule is Cc1cc(F)ccc1CCNC1CCCC1C1CCCN1. The van der Waals surface area contributed by atoms with E-state index >= 15 is 0 Å². The van der Waals surface area contributed by atoms with Gasteiger partial charge in [-0.1, -0.05) is 12.5 Å². The Morgan fingerprint density at radius 2 is 2.14 bits per heavy atom. The lowest BCUT2D eigenvalue weighted by atomic mass is 9.93. The van der Waals surface area contributed by atoms with E-state index in [0.29, 0.717) is 6.04 Å². The number of rotatable bonds is 5. The van der Waals surface area contributed by atoms with Crippen molar-refractivity contribution in [2.45, 2.75) is 57.5 Å². The summed E-state index contributed by atoms with van der Waals surface area (Å²) in [4.78, 5) is 0. The second-order valence-electron chi connectivity index (χ2n) is 6.68. The van der Waals surface area contributed by atoms with E-state index in [1.54, 1.807) is 12.1 Å². The second-order valence-corrected chi connectivity index (χ2v) is 6.68. The van der Waals surface area contributed by atoms with Crippen LogP contribution in [-0.2, 0) is 6.42 Å². The van der Waals surface area contributed by atoms with Crippen LogP contribution in [0.2, 0.25) is 0 Å². The summed E-state index contributed by atoms with van der Waals surface area (Å²) in [5, 5.41) is 7.44. The van der Waals surface area contributed by atoms with Gasteiger partial charge >= 0.3 is 0 Å². The minimum atomic E-state index is -0.132. The first kappa shape index (κ1) is 15.0. The lowest BCUT2D eigenvalue weighted by Gasteiger charge is -2.26. The zero-order valence-corrected chi connectivity index (χ0v) is 13.0. The van der Waals surface area contributed by atoms with Crippen LogP contribution < -0.4 is 10.6 Å². The maximum atomic E-state index is 13.1. The minimum absolute atomic E-state index is 0.132. The van der Waals surface area contributed by atoms with Crippen LogP contribution in [0.4, 0.5) is 4.39 Å². The van der Waals surface area contributed by atoms with Crippen LogP contribution in [0.3, 0.4) is 0 Å². The van der Waals surface area contributed by atoms with E-state index in [1.807, 2.05) is 13.0 Å². The van der Waals surface area contributed by atoms with Crippen LogP contribution in [0, 0.1) is 18.7 Å². The largest absolute Gasteiger partial charge is 0.314 e. The van der Waals surface area contributed by atoms with Gasteiger partial charge in [-0.25, -0.2) is 4.39 Å².